The summed E-state index contributed by atoms with van der Waals surface area (Å²) in [7, 11) is 0. The second-order valence-electron chi connectivity index (χ2n) is 9.95. The van der Waals surface area contributed by atoms with Crippen molar-refractivity contribution in [2.24, 2.45) is 0 Å². The number of benzene rings is 4. The Morgan fingerprint density at radius 3 is 1.25 bits per heavy atom. The summed E-state index contributed by atoms with van der Waals surface area (Å²) in [6, 6.07) is 43.6. The van der Waals surface area contributed by atoms with Gasteiger partial charge in [-0.05, 0) is 105 Å². The SMILES string of the molecule is Cc1cc(-c2ccc(C=C(c3ccccc3)c3cccs3)c(C)c2)ccc1C=C(c1ccccc1)c1cccs1. The Labute approximate surface area is 245 Å². The van der Waals surface area contributed by atoms with Gasteiger partial charge in [-0.2, -0.15) is 0 Å². The molecular weight excluding hydrogens is 521 g/mol. The largest absolute Gasteiger partial charge is 0.144 e. The van der Waals surface area contributed by atoms with Crippen molar-refractivity contribution in [1.82, 2.24) is 0 Å². The Kier molecular flexibility index (Phi) is 7.72. The monoisotopic (exact) mass is 550 g/mol. The Balaban J connectivity index is 1.33. The van der Waals surface area contributed by atoms with Crippen molar-refractivity contribution >= 4 is 46.0 Å². The van der Waals surface area contributed by atoms with Crippen LogP contribution in [0.2, 0.25) is 0 Å². The third-order valence-electron chi connectivity index (χ3n) is 7.22. The van der Waals surface area contributed by atoms with E-state index in [4.69, 9.17) is 0 Å². The summed E-state index contributed by atoms with van der Waals surface area (Å²) in [6.45, 7) is 4.42. The van der Waals surface area contributed by atoms with Crippen molar-refractivity contribution in [3.63, 3.8) is 0 Å². The standard InChI is InChI=1S/C38H30S2/c1-27-23-33(19-17-31(27)25-35(37-15-9-21-39-37)29-11-5-3-6-12-29)34-20-18-32(28(2)24-34)26-36(38-16-10-22-40-38)30-13-7-4-8-14-30/h3-26H,1-2H3. The molecule has 0 unspecified atom stereocenters. The molecule has 0 fully saturated rings. The molecule has 0 aliphatic heterocycles. The van der Waals surface area contributed by atoms with E-state index in [9.17, 15) is 0 Å². The molecule has 194 valence electrons. The molecule has 6 aromatic rings. The van der Waals surface area contributed by atoms with Crippen LogP contribution in [0.3, 0.4) is 0 Å². The maximum atomic E-state index is 2.33. The van der Waals surface area contributed by atoms with E-state index in [2.05, 4.69) is 158 Å². The quantitative estimate of drug-likeness (QED) is 0.173. The molecule has 2 aromatic heterocycles. The summed E-state index contributed by atoms with van der Waals surface area (Å²) in [5.74, 6) is 0. The second kappa shape index (κ2) is 11.9. The fraction of sp³-hybridized carbons (Fsp3) is 0.0526. The van der Waals surface area contributed by atoms with Gasteiger partial charge in [0.1, 0.15) is 0 Å². The Hall–Kier alpha value is -4.24. The van der Waals surface area contributed by atoms with Gasteiger partial charge in [-0.25, -0.2) is 0 Å². The summed E-state index contributed by atoms with van der Waals surface area (Å²) in [5.41, 5.74) is 12.5. The minimum atomic E-state index is 1.24. The van der Waals surface area contributed by atoms with Crippen LogP contribution in [0.1, 0.15) is 43.1 Å². The molecule has 0 aliphatic rings. The van der Waals surface area contributed by atoms with E-state index in [-0.39, 0.29) is 0 Å². The van der Waals surface area contributed by atoms with Crippen molar-refractivity contribution in [2.45, 2.75) is 13.8 Å². The van der Waals surface area contributed by atoms with Crippen LogP contribution in [0.25, 0.3) is 34.4 Å². The lowest BCUT2D eigenvalue weighted by Crippen LogP contribution is -1.90. The predicted molar refractivity (Wildman–Crippen MR) is 177 cm³/mol. The van der Waals surface area contributed by atoms with Crippen molar-refractivity contribution in [2.75, 3.05) is 0 Å². The molecular formula is C38H30S2. The molecule has 0 nitrogen and oxygen atoms in total. The van der Waals surface area contributed by atoms with Crippen molar-refractivity contribution in [3.05, 3.63) is 175 Å². The molecule has 6 rings (SSSR count). The molecule has 4 aromatic carbocycles. The highest BCUT2D eigenvalue weighted by molar-refractivity contribution is 7.11. The number of hydrogen-bond donors (Lipinski definition) is 0. The molecule has 0 N–H and O–H groups in total. The van der Waals surface area contributed by atoms with E-state index in [0.29, 0.717) is 0 Å². The Morgan fingerprint density at radius 1 is 0.475 bits per heavy atom. The predicted octanol–water partition coefficient (Wildman–Crippen LogP) is 11.3. The minimum Gasteiger partial charge on any atom is -0.144 e. The first-order valence-electron chi connectivity index (χ1n) is 13.5. The van der Waals surface area contributed by atoms with Gasteiger partial charge >= 0.3 is 0 Å². The zero-order valence-corrected chi connectivity index (χ0v) is 24.3. The van der Waals surface area contributed by atoms with Gasteiger partial charge in [0.05, 0.1) is 0 Å². The summed E-state index contributed by atoms with van der Waals surface area (Å²) < 4.78 is 0. The summed E-state index contributed by atoms with van der Waals surface area (Å²) in [4.78, 5) is 2.57. The van der Waals surface area contributed by atoms with Gasteiger partial charge in [0, 0.05) is 9.75 Å². The van der Waals surface area contributed by atoms with E-state index < -0.39 is 0 Å². The Morgan fingerprint density at radius 2 is 0.900 bits per heavy atom. The first-order chi connectivity index (χ1) is 19.7. The van der Waals surface area contributed by atoms with Gasteiger partial charge in [-0.3, -0.25) is 0 Å². The van der Waals surface area contributed by atoms with Crippen LogP contribution in [0.5, 0.6) is 0 Å². The Bertz CT molecular complexity index is 1630. The first-order valence-corrected chi connectivity index (χ1v) is 15.3. The molecule has 0 amide bonds. The molecule has 0 spiro atoms. The van der Waals surface area contributed by atoms with E-state index in [1.807, 2.05) is 0 Å². The summed E-state index contributed by atoms with van der Waals surface area (Å²) >= 11 is 3.57. The van der Waals surface area contributed by atoms with Crippen LogP contribution >= 0.6 is 22.7 Å². The highest BCUT2D eigenvalue weighted by Gasteiger charge is 2.10. The van der Waals surface area contributed by atoms with Gasteiger partial charge < -0.3 is 0 Å². The smallest absolute Gasteiger partial charge is 0.0348 e. The number of rotatable bonds is 7. The van der Waals surface area contributed by atoms with Gasteiger partial charge in [-0.1, -0.05) is 109 Å². The number of hydrogen-bond acceptors (Lipinski definition) is 2. The van der Waals surface area contributed by atoms with Crippen LogP contribution in [-0.2, 0) is 0 Å². The van der Waals surface area contributed by atoms with Crippen LogP contribution in [-0.4, -0.2) is 0 Å². The van der Waals surface area contributed by atoms with Crippen LogP contribution in [0, 0.1) is 13.8 Å². The fourth-order valence-electron chi connectivity index (χ4n) is 5.04. The molecule has 40 heavy (non-hydrogen) atoms. The molecule has 0 radical (unpaired) electrons. The molecule has 0 atom stereocenters. The lowest BCUT2D eigenvalue weighted by Gasteiger charge is -2.12. The molecule has 2 heterocycles. The molecule has 2 heteroatoms. The van der Waals surface area contributed by atoms with Gasteiger partial charge in [-0.15, -0.1) is 22.7 Å². The van der Waals surface area contributed by atoms with Crippen molar-refractivity contribution < 1.29 is 0 Å². The van der Waals surface area contributed by atoms with E-state index >= 15 is 0 Å². The molecule has 0 bridgehead atoms. The topological polar surface area (TPSA) is 0 Å². The highest BCUT2D eigenvalue weighted by atomic mass is 32.1. The average Bonchev–Trinajstić information content (AvgIpc) is 3.72. The molecule has 0 saturated heterocycles. The first kappa shape index (κ1) is 26.0. The zero-order valence-electron chi connectivity index (χ0n) is 22.7. The summed E-state index contributed by atoms with van der Waals surface area (Å²) in [6.07, 6.45) is 4.66. The minimum absolute atomic E-state index is 1.24. The second-order valence-corrected chi connectivity index (χ2v) is 11.8. The summed E-state index contributed by atoms with van der Waals surface area (Å²) in [5, 5.41) is 4.29. The molecule has 0 saturated carbocycles. The van der Waals surface area contributed by atoms with E-state index in [1.54, 1.807) is 22.7 Å². The zero-order chi connectivity index (χ0) is 27.3. The maximum absolute atomic E-state index is 2.33. The van der Waals surface area contributed by atoms with Crippen molar-refractivity contribution in [3.8, 4) is 11.1 Å². The average molecular weight is 551 g/mol. The normalized spacial score (nSPS) is 12.1. The van der Waals surface area contributed by atoms with Crippen LogP contribution in [0.4, 0.5) is 0 Å². The number of aryl methyl sites for hydroxylation is 2. The van der Waals surface area contributed by atoms with E-state index in [1.165, 1.54) is 65.4 Å². The highest BCUT2D eigenvalue weighted by Crippen LogP contribution is 2.33. The van der Waals surface area contributed by atoms with Gasteiger partial charge in [0.15, 0.2) is 0 Å². The van der Waals surface area contributed by atoms with Gasteiger partial charge in [0.2, 0.25) is 0 Å². The van der Waals surface area contributed by atoms with Gasteiger partial charge in [0.25, 0.3) is 0 Å². The lowest BCUT2D eigenvalue weighted by atomic mass is 9.94. The fourth-order valence-corrected chi connectivity index (χ4v) is 6.57. The maximum Gasteiger partial charge on any atom is 0.0348 e. The number of thiophene rings is 2. The third kappa shape index (κ3) is 5.70. The van der Waals surface area contributed by atoms with Crippen LogP contribution < -0.4 is 0 Å². The lowest BCUT2D eigenvalue weighted by molar-refractivity contribution is 1.41. The van der Waals surface area contributed by atoms with E-state index in [0.717, 1.165) is 0 Å². The molecule has 0 aliphatic carbocycles. The van der Waals surface area contributed by atoms with Crippen LogP contribution in [0.15, 0.2) is 132 Å². The third-order valence-corrected chi connectivity index (χ3v) is 9.02. The van der Waals surface area contributed by atoms with Crippen molar-refractivity contribution in [1.29, 1.82) is 0 Å².